The van der Waals surface area contributed by atoms with Crippen molar-refractivity contribution in [3.63, 3.8) is 0 Å². The van der Waals surface area contributed by atoms with Crippen molar-refractivity contribution in [1.29, 1.82) is 0 Å². The van der Waals surface area contributed by atoms with Gasteiger partial charge in [-0.25, -0.2) is 0 Å². The van der Waals surface area contributed by atoms with E-state index in [-0.39, 0.29) is 16.2 Å². The average Bonchev–Trinajstić information content (AvgIpc) is 3.82. The van der Waals surface area contributed by atoms with Crippen molar-refractivity contribution in [3.05, 3.63) is 162 Å². The lowest BCUT2D eigenvalue weighted by Gasteiger charge is -2.29. The van der Waals surface area contributed by atoms with Gasteiger partial charge in [0.25, 0.3) is 0 Å². The summed E-state index contributed by atoms with van der Waals surface area (Å²) in [6.45, 7) is 18.9. The zero-order valence-corrected chi connectivity index (χ0v) is 34.4. The summed E-state index contributed by atoms with van der Waals surface area (Å²) in [6.07, 6.45) is 0. The van der Waals surface area contributed by atoms with Crippen LogP contribution in [0.2, 0.25) is 0 Å². The van der Waals surface area contributed by atoms with Gasteiger partial charge >= 0.3 is 0 Å². The smallest absolute Gasteiger partial charge is 0.137 e. The van der Waals surface area contributed by atoms with E-state index in [1.165, 1.54) is 70.4 Å². The summed E-state index contributed by atoms with van der Waals surface area (Å²) in [5, 5.41) is 4.99. The van der Waals surface area contributed by atoms with E-state index in [1.54, 1.807) is 0 Å². The normalized spacial score (nSPS) is 13.9. The third kappa shape index (κ3) is 5.20. The van der Waals surface area contributed by atoms with Crippen LogP contribution in [0.3, 0.4) is 0 Å². The van der Waals surface area contributed by atoms with Crippen LogP contribution in [0.1, 0.15) is 77.6 Å². The molecule has 2 aromatic heterocycles. The molecular weight excluding hydrogens is 699 g/mol. The molecule has 0 unspecified atom stereocenters. The summed E-state index contributed by atoms with van der Waals surface area (Å²) in [7, 11) is 0. The van der Waals surface area contributed by atoms with Crippen molar-refractivity contribution >= 4 is 70.5 Å². The van der Waals surface area contributed by atoms with Gasteiger partial charge in [-0.05, 0) is 92.2 Å². The summed E-state index contributed by atoms with van der Waals surface area (Å²) in [4.78, 5) is 2.48. The van der Waals surface area contributed by atoms with E-state index in [2.05, 4.69) is 200 Å². The third-order valence-corrected chi connectivity index (χ3v) is 13.4. The van der Waals surface area contributed by atoms with Gasteiger partial charge in [0.2, 0.25) is 0 Å². The Morgan fingerprint density at radius 3 is 1.98 bits per heavy atom. The minimum absolute atomic E-state index is 0.0179. The van der Waals surface area contributed by atoms with Crippen molar-refractivity contribution in [2.75, 3.05) is 4.90 Å². The van der Waals surface area contributed by atoms with E-state index in [1.807, 2.05) is 11.3 Å². The third-order valence-electron chi connectivity index (χ3n) is 12.1. The van der Waals surface area contributed by atoms with Crippen molar-refractivity contribution in [2.24, 2.45) is 0 Å². The standard InChI is InChI=1S/C53H47NOS/c1-51(2,3)34-30-39-36-28-29-38-46-40(53(7,8)48(38)50(36)56-49(39)41(31-34)52(4,5)6)19-14-20-42(46)54(35-26-24-33(25-27-35)32-16-10-9-11-17-32)43-21-15-23-45-47(43)37-18-12-13-22-44(37)55-45/h9-31H,1-8H3. The first kappa shape index (κ1) is 34.8. The molecule has 10 rings (SSSR count). The monoisotopic (exact) mass is 745 g/mol. The van der Waals surface area contributed by atoms with Gasteiger partial charge in [0.15, 0.2) is 0 Å². The summed E-state index contributed by atoms with van der Waals surface area (Å²) < 4.78 is 9.31. The molecule has 276 valence electrons. The molecule has 1 aliphatic rings. The molecule has 0 N–H and O–H groups in total. The maximum atomic E-state index is 6.49. The van der Waals surface area contributed by atoms with Crippen molar-refractivity contribution < 1.29 is 4.42 Å². The highest BCUT2D eigenvalue weighted by Gasteiger charge is 2.40. The van der Waals surface area contributed by atoms with Crippen LogP contribution in [-0.4, -0.2) is 0 Å². The number of hydrogen-bond acceptors (Lipinski definition) is 3. The molecule has 3 heteroatoms. The van der Waals surface area contributed by atoms with Crippen LogP contribution in [0.15, 0.2) is 144 Å². The lowest BCUT2D eigenvalue weighted by atomic mass is 9.79. The molecule has 0 amide bonds. The number of para-hydroxylation sites is 1. The molecule has 1 aliphatic carbocycles. The molecule has 0 atom stereocenters. The lowest BCUT2D eigenvalue weighted by Crippen LogP contribution is -2.16. The van der Waals surface area contributed by atoms with Crippen LogP contribution < -0.4 is 4.90 Å². The van der Waals surface area contributed by atoms with Crippen molar-refractivity contribution in [2.45, 2.75) is 71.6 Å². The topological polar surface area (TPSA) is 16.4 Å². The second-order valence-electron chi connectivity index (χ2n) is 18.2. The summed E-state index contributed by atoms with van der Waals surface area (Å²) in [5.74, 6) is 0. The maximum absolute atomic E-state index is 6.49. The van der Waals surface area contributed by atoms with Crippen LogP contribution in [0.5, 0.6) is 0 Å². The van der Waals surface area contributed by atoms with Gasteiger partial charge in [-0.1, -0.05) is 152 Å². The number of nitrogens with zero attached hydrogens (tertiary/aromatic N) is 1. The van der Waals surface area contributed by atoms with Gasteiger partial charge in [0.1, 0.15) is 11.2 Å². The molecule has 0 saturated heterocycles. The number of furan rings is 1. The molecule has 0 radical (unpaired) electrons. The highest BCUT2D eigenvalue weighted by Crippen LogP contribution is 2.59. The first-order chi connectivity index (χ1) is 26.8. The number of fused-ring (bicyclic) bond motifs is 10. The average molecular weight is 746 g/mol. The molecular formula is C53H47NOS. The molecule has 9 aromatic rings. The van der Waals surface area contributed by atoms with Crippen LogP contribution in [0.25, 0.3) is 64.4 Å². The van der Waals surface area contributed by atoms with Crippen LogP contribution in [-0.2, 0) is 16.2 Å². The maximum Gasteiger partial charge on any atom is 0.137 e. The zero-order valence-electron chi connectivity index (χ0n) is 33.5. The fourth-order valence-corrected chi connectivity index (χ4v) is 10.9. The van der Waals surface area contributed by atoms with Crippen LogP contribution in [0, 0.1) is 0 Å². The quantitative estimate of drug-likeness (QED) is 0.178. The largest absolute Gasteiger partial charge is 0.456 e. The first-order valence-electron chi connectivity index (χ1n) is 19.9. The highest BCUT2D eigenvalue weighted by molar-refractivity contribution is 7.26. The predicted molar refractivity (Wildman–Crippen MR) is 242 cm³/mol. The minimum Gasteiger partial charge on any atom is -0.456 e. The van der Waals surface area contributed by atoms with Gasteiger partial charge in [-0.2, -0.15) is 0 Å². The van der Waals surface area contributed by atoms with Gasteiger partial charge < -0.3 is 9.32 Å². The zero-order chi connectivity index (χ0) is 38.7. The van der Waals surface area contributed by atoms with E-state index >= 15 is 0 Å². The molecule has 0 spiro atoms. The Balaban J connectivity index is 1.25. The minimum atomic E-state index is -0.215. The summed E-state index contributed by atoms with van der Waals surface area (Å²) in [5.41, 5.74) is 15.7. The Bertz CT molecular complexity index is 3000. The van der Waals surface area contributed by atoms with E-state index in [0.29, 0.717) is 0 Å². The Kier molecular flexibility index (Phi) is 7.57. The second kappa shape index (κ2) is 12.2. The molecule has 0 aliphatic heterocycles. The van der Waals surface area contributed by atoms with E-state index in [0.717, 1.165) is 33.3 Å². The SMILES string of the molecule is CC(C)(C)c1cc(C(C)(C)C)c2sc3c4c(ccc3c2c1)-c1c(N(c2ccc(-c3ccccc3)cc2)c2cccc3oc5ccccc5c23)cccc1C4(C)C. The predicted octanol–water partition coefficient (Wildman–Crippen LogP) is 16.0. The molecule has 0 fully saturated rings. The Morgan fingerprint density at radius 1 is 0.554 bits per heavy atom. The number of benzene rings is 7. The van der Waals surface area contributed by atoms with Gasteiger partial charge in [-0.3, -0.25) is 0 Å². The van der Waals surface area contributed by atoms with Crippen LogP contribution >= 0.6 is 11.3 Å². The van der Waals surface area contributed by atoms with E-state index in [9.17, 15) is 0 Å². The molecule has 0 saturated carbocycles. The fourth-order valence-electron chi connectivity index (χ4n) is 9.21. The van der Waals surface area contributed by atoms with Crippen molar-refractivity contribution in [3.8, 4) is 22.3 Å². The summed E-state index contributed by atoms with van der Waals surface area (Å²) in [6, 6.07) is 51.3. The van der Waals surface area contributed by atoms with Gasteiger partial charge in [0.05, 0.1) is 16.8 Å². The van der Waals surface area contributed by atoms with Crippen LogP contribution in [0.4, 0.5) is 17.1 Å². The van der Waals surface area contributed by atoms with E-state index < -0.39 is 0 Å². The fraction of sp³-hybridized carbons (Fsp3) is 0.208. The lowest BCUT2D eigenvalue weighted by molar-refractivity contribution is 0.573. The molecule has 2 heterocycles. The molecule has 2 nitrogen and oxygen atoms in total. The van der Waals surface area contributed by atoms with E-state index in [4.69, 9.17) is 4.42 Å². The van der Waals surface area contributed by atoms with Crippen molar-refractivity contribution in [1.82, 2.24) is 0 Å². The molecule has 7 aromatic carbocycles. The molecule has 56 heavy (non-hydrogen) atoms. The number of hydrogen-bond donors (Lipinski definition) is 0. The number of thiophene rings is 1. The number of anilines is 3. The Hall–Kier alpha value is -5.64. The molecule has 0 bridgehead atoms. The number of rotatable bonds is 4. The highest BCUT2D eigenvalue weighted by atomic mass is 32.1. The Labute approximate surface area is 334 Å². The van der Waals surface area contributed by atoms with Gasteiger partial charge in [0, 0.05) is 42.2 Å². The first-order valence-corrected chi connectivity index (χ1v) is 20.7. The van der Waals surface area contributed by atoms with Gasteiger partial charge in [-0.15, -0.1) is 11.3 Å². The summed E-state index contributed by atoms with van der Waals surface area (Å²) >= 11 is 2.00. The second-order valence-corrected chi connectivity index (χ2v) is 19.2. The Morgan fingerprint density at radius 2 is 1.23 bits per heavy atom.